The van der Waals surface area contributed by atoms with Gasteiger partial charge >= 0.3 is 0 Å². The Bertz CT molecular complexity index is 1120. The van der Waals surface area contributed by atoms with E-state index < -0.39 is 29.0 Å². The van der Waals surface area contributed by atoms with Crippen molar-refractivity contribution in [1.82, 2.24) is 20.5 Å². The first-order chi connectivity index (χ1) is 17.2. The molecule has 1 aromatic carbocycles. The molecule has 2 heterocycles. The molecule has 202 valence electrons. The van der Waals surface area contributed by atoms with Gasteiger partial charge in [-0.15, -0.1) is 11.3 Å². The molecular weight excluding hydrogens is 488 g/mol. The number of aryl methyl sites for hydroxylation is 1. The van der Waals surface area contributed by atoms with Crippen molar-refractivity contribution >= 4 is 29.1 Å². The summed E-state index contributed by atoms with van der Waals surface area (Å²) >= 11 is 1.59. The molecule has 1 aliphatic heterocycles. The Kier molecular flexibility index (Phi) is 8.80. The minimum atomic E-state index is -0.825. The number of carbonyl (C=O) groups is 3. The van der Waals surface area contributed by atoms with E-state index in [4.69, 9.17) is 0 Å². The Morgan fingerprint density at radius 3 is 2.35 bits per heavy atom. The SMILES string of the molecule is CCC(C)(C)C(=O)NC(C(=O)N1CC(O)CC1C(=O)NCc1ccc(-c2scnc2C)cc1)C(C)(C)C. The second-order valence-corrected chi connectivity index (χ2v) is 12.4. The number of nitrogens with zero attached hydrogens (tertiary/aromatic N) is 2. The summed E-state index contributed by atoms with van der Waals surface area (Å²) in [5.41, 5.74) is 3.61. The van der Waals surface area contributed by atoms with Crippen LogP contribution in [0, 0.1) is 17.8 Å². The maximum atomic E-state index is 13.7. The maximum absolute atomic E-state index is 13.7. The first-order valence-electron chi connectivity index (χ1n) is 12.8. The molecular formula is C28H40N4O4S. The average molecular weight is 529 g/mol. The number of thiazole rings is 1. The summed E-state index contributed by atoms with van der Waals surface area (Å²) in [7, 11) is 0. The number of carbonyl (C=O) groups excluding carboxylic acids is 3. The normalized spacial score (nSPS) is 19.0. The summed E-state index contributed by atoms with van der Waals surface area (Å²) in [6.45, 7) is 13.6. The number of aromatic nitrogens is 1. The van der Waals surface area contributed by atoms with Gasteiger partial charge < -0.3 is 20.6 Å². The molecule has 3 atom stereocenters. The molecule has 2 aromatic rings. The third-order valence-electron chi connectivity index (χ3n) is 7.18. The molecule has 3 amide bonds. The molecule has 1 aliphatic rings. The molecule has 0 spiro atoms. The Morgan fingerprint density at radius 1 is 1.16 bits per heavy atom. The van der Waals surface area contributed by atoms with E-state index in [1.807, 2.05) is 78.2 Å². The molecule has 0 bridgehead atoms. The Morgan fingerprint density at radius 2 is 1.81 bits per heavy atom. The smallest absolute Gasteiger partial charge is 0.246 e. The van der Waals surface area contributed by atoms with Crippen LogP contribution in [0.1, 0.15) is 65.6 Å². The van der Waals surface area contributed by atoms with Crippen molar-refractivity contribution < 1.29 is 19.5 Å². The van der Waals surface area contributed by atoms with Crippen LogP contribution in [0.5, 0.6) is 0 Å². The van der Waals surface area contributed by atoms with Crippen LogP contribution in [-0.2, 0) is 20.9 Å². The zero-order valence-corrected chi connectivity index (χ0v) is 23.7. The Labute approximate surface area is 223 Å². The number of aliphatic hydroxyl groups is 1. The highest BCUT2D eigenvalue weighted by Gasteiger charge is 2.45. The van der Waals surface area contributed by atoms with E-state index in [1.165, 1.54) is 4.90 Å². The minimum Gasteiger partial charge on any atom is -0.391 e. The quantitative estimate of drug-likeness (QED) is 0.484. The fourth-order valence-electron chi connectivity index (χ4n) is 4.27. The summed E-state index contributed by atoms with van der Waals surface area (Å²) < 4.78 is 0. The molecule has 0 radical (unpaired) electrons. The second-order valence-electron chi connectivity index (χ2n) is 11.6. The molecule has 1 aromatic heterocycles. The van der Waals surface area contributed by atoms with Crippen LogP contribution in [-0.4, -0.2) is 57.4 Å². The molecule has 3 rings (SSSR count). The van der Waals surface area contributed by atoms with Gasteiger partial charge in [0.05, 0.1) is 22.2 Å². The van der Waals surface area contributed by atoms with E-state index in [2.05, 4.69) is 15.6 Å². The van der Waals surface area contributed by atoms with Crippen molar-refractivity contribution in [2.45, 2.75) is 86.0 Å². The fraction of sp³-hybridized carbons (Fsp3) is 0.571. The van der Waals surface area contributed by atoms with Gasteiger partial charge in [-0.25, -0.2) is 4.98 Å². The third-order valence-corrected chi connectivity index (χ3v) is 8.16. The molecule has 1 saturated heterocycles. The van der Waals surface area contributed by atoms with Gasteiger partial charge in [0.25, 0.3) is 0 Å². The van der Waals surface area contributed by atoms with Crippen LogP contribution in [0.3, 0.4) is 0 Å². The number of hydrogen-bond acceptors (Lipinski definition) is 6. The van der Waals surface area contributed by atoms with Crippen molar-refractivity contribution in [3.05, 3.63) is 41.0 Å². The number of β-amino-alcohol motifs (C(OH)–C–C–N with tert-alkyl or cyclic N) is 1. The summed E-state index contributed by atoms with van der Waals surface area (Å²) in [6, 6.07) is 6.30. The molecule has 37 heavy (non-hydrogen) atoms. The zero-order chi connectivity index (χ0) is 27.5. The van der Waals surface area contributed by atoms with Gasteiger partial charge in [0.15, 0.2) is 0 Å². The summed E-state index contributed by atoms with van der Waals surface area (Å²) in [4.78, 5) is 46.6. The average Bonchev–Trinajstić information content (AvgIpc) is 3.45. The largest absolute Gasteiger partial charge is 0.391 e. The van der Waals surface area contributed by atoms with Crippen molar-refractivity contribution in [3.63, 3.8) is 0 Å². The summed E-state index contributed by atoms with van der Waals surface area (Å²) in [5.74, 6) is -0.880. The molecule has 8 nitrogen and oxygen atoms in total. The van der Waals surface area contributed by atoms with Gasteiger partial charge in [-0.2, -0.15) is 0 Å². The van der Waals surface area contributed by atoms with Crippen LogP contribution in [0.15, 0.2) is 29.8 Å². The van der Waals surface area contributed by atoms with Crippen molar-refractivity contribution in [2.75, 3.05) is 6.54 Å². The van der Waals surface area contributed by atoms with Gasteiger partial charge in [-0.1, -0.05) is 65.8 Å². The monoisotopic (exact) mass is 528 g/mol. The zero-order valence-electron chi connectivity index (χ0n) is 22.9. The van der Waals surface area contributed by atoms with E-state index in [9.17, 15) is 19.5 Å². The van der Waals surface area contributed by atoms with Gasteiger partial charge in [0, 0.05) is 24.9 Å². The van der Waals surface area contributed by atoms with Gasteiger partial charge in [0.1, 0.15) is 12.1 Å². The summed E-state index contributed by atoms with van der Waals surface area (Å²) in [5, 5.41) is 16.2. The van der Waals surface area contributed by atoms with Gasteiger partial charge in [-0.05, 0) is 29.9 Å². The van der Waals surface area contributed by atoms with E-state index in [0.29, 0.717) is 13.0 Å². The number of benzene rings is 1. The first kappa shape index (κ1) is 28.8. The van der Waals surface area contributed by atoms with Crippen LogP contribution >= 0.6 is 11.3 Å². The number of amides is 3. The topological polar surface area (TPSA) is 112 Å². The third kappa shape index (κ3) is 6.76. The summed E-state index contributed by atoms with van der Waals surface area (Å²) in [6.07, 6.45) is -0.0146. The highest BCUT2D eigenvalue weighted by molar-refractivity contribution is 7.13. The van der Waals surface area contributed by atoms with E-state index in [0.717, 1.165) is 21.7 Å². The predicted octanol–water partition coefficient (Wildman–Crippen LogP) is 3.66. The Balaban J connectivity index is 1.70. The van der Waals surface area contributed by atoms with Crippen molar-refractivity contribution in [1.29, 1.82) is 0 Å². The standard InChI is InChI=1S/C28H40N4O4S/c1-8-28(6,7)26(36)31-23(27(3,4)5)25(35)32-15-20(33)13-21(32)24(34)29-14-18-9-11-19(12-10-18)22-17(2)30-16-37-22/h9-12,16,20-21,23,33H,8,13-15H2,1-7H3,(H,29,34)(H,31,36). The lowest BCUT2D eigenvalue weighted by Crippen LogP contribution is -2.59. The predicted molar refractivity (Wildman–Crippen MR) is 146 cm³/mol. The van der Waals surface area contributed by atoms with E-state index >= 15 is 0 Å². The van der Waals surface area contributed by atoms with Crippen LogP contribution in [0.4, 0.5) is 0 Å². The van der Waals surface area contributed by atoms with Crippen LogP contribution in [0.2, 0.25) is 0 Å². The van der Waals surface area contributed by atoms with Crippen molar-refractivity contribution in [2.24, 2.45) is 10.8 Å². The molecule has 9 heteroatoms. The second kappa shape index (κ2) is 11.3. The molecule has 1 fully saturated rings. The lowest BCUT2D eigenvalue weighted by molar-refractivity contribution is -0.145. The lowest BCUT2D eigenvalue weighted by Gasteiger charge is -2.37. The molecule has 0 aliphatic carbocycles. The number of nitrogens with one attached hydrogen (secondary N) is 2. The van der Waals surface area contributed by atoms with E-state index in [1.54, 1.807) is 11.3 Å². The van der Waals surface area contributed by atoms with Crippen LogP contribution < -0.4 is 10.6 Å². The molecule has 3 N–H and O–H groups in total. The van der Waals surface area contributed by atoms with Gasteiger partial charge in [0.2, 0.25) is 17.7 Å². The molecule has 0 saturated carbocycles. The Hall–Kier alpha value is -2.78. The van der Waals surface area contributed by atoms with Crippen LogP contribution in [0.25, 0.3) is 10.4 Å². The first-order valence-corrected chi connectivity index (χ1v) is 13.7. The number of likely N-dealkylation sites (tertiary alicyclic amines) is 1. The fourth-order valence-corrected chi connectivity index (χ4v) is 5.08. The highest BCUT2D eigenvalue weighted by atomic mass is 32.1. The molecule has 3 unspecified atom stereocenters. The number of rotatable bonds is 8. The highest BCUT2D eigenvalue weighted by Crippen LogP contribution is 2.29. The minimum absolute atomic E-state index is 0.0550. The number of hydrogen-bond donors (Lipinski definition) is 3. The maximum Gasteiger partial charge on any atom is 0.246 e. The van der Waals surface area contributed by atoms with E-state index in [-0.39, 0.29) is 30.7 Å². The van der Waals surface area contributed by atoms with Gasteiger partial charge in [-0.3, -0.25) is 14.4 Å². The number of aliphatic hydroxyl groups excluding tert-OH is 1. The van der Waals surface area contributed by atoms with Crippen molar-refractivity contribution in [3.8, 4) is 10.4 Å². The lowest BCUT2D eigenvalue weighted by atomic mass is 9.83.